The lowest BCUT2D eigenvalue weighted by atomic mass is 10.1. The number of carbonyl (C=O) groups is 3. The summed E-state index contributed by atoms with van der Waals surface area (Å²) in [6, 6.07) is 7.17. The van der Waals surface area contributed by atoms with E-state index in [-0.39, 0.29) is 29.5 Å². The summed E-state index contributed by atoms with van der Waals surface area (Å²) >= 11 is 0. The van der Waals surface area contributed by atoms with Crippen LogP contribution in [-0.4, -0.2) is 31.4 Å². The van der Waals surface area contributed by atoms with Crippen molar-refractivity contribution in [2.75, 3.05) is 24.4 Å². The number of benzene rings is 2. The van der Waals surface area contributed by atoms with E-state index in [9.17, 15) is 27.6 Å². The first-order valence-electron chi connectivity index (χ1n) is 9.06. The van der Waals surface area contributed by atoms with E-state index in [0.717, 1.165) is 24.3 Å². The van der Waals surface area contributed by atoms with Crippen LogP contribution in [0.4, 0.5) is 24.5 Å². The summed E-state index contributed by atoms with van der Waals surface area (Å²) in [6.07, 6.45) is -2.14. The van der Waals surface area contributed by atoms with Gasteiger partial charge in [0.2, 0.25) is 11.8 Å². The highest BCUT2D eigenvalue weighted by Crippen LogP contribution is 2.34. The van der Waals surface area contributed by atoms with Gasteiger partial charge in [-0.25, -0.2) is 0 Å². The number of hydrogen-bond acceptors (Lipinski definition) is 5. The highest BCUT2D eigenvalue weighted by molar-refractivity contribution is 6.05. The van der Waals surface area contributed by atoms with E-state index in [4.69, 9.17) is 15.2 Å². The average molecular weight is 451 g/mol. The molecule has 2 aromatic rings. The first kappa shape index (κ1) is 24.3. The number of halogens is 3. The van der Waals surface area contributed by atoms with Crippen LogP contribution in [0.2, 0.25) is 0 Å². The molecule has 0 saturated carbocycles. The minimum Gasteiger partial charge on any atom is -0.493 e. The highest BCUT2D eigenvalue weighted by atomic mass is 19.4. The Kier molecular flexibility index (Phi) is 7.83. The van der Waals surface area contributed by atoms with Gasteiger partial charge in [0.25, 0.3) is 5.91 Å². The predicted octanol–water partition coefficient (Wildman–Crippen LogP) is 3.19. The summed E-state index contributed by atoms with van der Waals surface area (Å²) < 4.78 is 49.4. The largest absolute Gasteiger partial charge is 0.493 e. The lowest BCUT2D eigenvalue weighted by molar-refractivity contribution is -0.137. The lowest BCUT2D eigenvalue weighted by Gasteiger charge is -2.14. The van der Waals surface area contributed by atoms with E-state index in [1.807, 2.05) is 0 Å². The molecule has 0 atom stereocenters. The van der Waals surface area contributed by atoms with Gasteiger partial charge in [-0.05, 0) is 42.0 Å². The minimum atomic E-state index is -4.63. The van der Waals surface area contributed by atoms with Crippen LogP contribution in [0.1, 0.15) is 18.1 Å². The van der Waals surface area contributed by atoms with Crippen molar-refractivity contribution in [2.45, 2.75) is 13.1 Å². The highest BCUT2D eigenvalue weighted by Gasteiger charge is 2.31. The van der Waals surface area contributed by atoms with Crippen LogP contribution in [0.15, 0.2) is 42.5 Å². The number of carbonyl (C=O) groups excluding carboxylic acids is 3. The predicted molar refractivity (Wildman–Crippen MR) is 111 cm³/mol. The third-order valence-corrected chi connectivity index (χ3v) is 3.90. The minimum absolute atomic E-state index is 0.0184. The van der Waals surface area contributed by atoms with E-state index in [1.165, 1.54) is 32.2 Å². The number of hydrogen-bond donors (Lipinski definition) is 3. The van der Waals surface area contributed by atoms with E-state index in [2.05, 4.69) is 10.6 Å². The summed E-state index contributed by atoms with van der Waals surface area (Å²) in [6.45, 7) is 0.842. The van der Waals surface area contributed by atoms with Gasteiger partial charge in [0, 0.05) is 13.0 Å². The fourth-order valence-electron chi connectivity index (χ4n) is 2.52. The number of alkyl halides is 3. The van der Waals surface area contributed by atoms with Crippen LogP contribution < -0.4 is 25.8 Å². The Bertz CT molecular complexity index is 1050. The molecule has 8 nitrogen and oxygen atoms in total. The number of amides is 3. The number of nitrogens with one attached hydrogen (secondary N) is 2. The topological polar surface area (TPSA) is 120 Å². The van der Waals surface area contributed by atoms with Crippen LogP contribution in [0.25, 0.3) is 6.08 Å². The summed E-state index contributed by atoms with van der Waals surface area (Å²) in [7, 11) is 1.38. The van der Waals surface area contributed by atoms with E-state index >= 15 is 0 Å². The second-order valence-electron chi connectivity index (χ2n) is 6.43. The Hall–Kier alpha value is -4.02. The summed E-state index contributed by atoms with van der Waals surface area (Å²) in [5.74, 6) is -1.37. The van der Waals surface area contributed by atoms with Crippen molar-refractivity contribution in [3.8, 4) is 11.5 Å². The van der Waals surface area contributed by atoms with Crippen molar-refractivity contribution in [3.05, 3.63) is 53.6 Å². The van der Waals surface area contributed by atoms with Crippen LogP contribution in [-0.2, 0) is 20.6 Å². The SMILES string of the molecule is COc1cc(/C=C/C(=O)Nc2cc(C(F)(F)F)ccc2NC(C)=O)ccc1OCC(N)=O. The molecule has 0 aliphatic rings. The average Bonchev–Trinajstić information content (AvgIpc) is 2.71. The maximum atomic E-state index is 13.0. The Labute approximate surface area is 181 Å². The van der Waals surface area contributed by atoms with Crippen molar-refractivity contribution < 1.29 is 37.0 Å². The smallest absolute Gasteiger partial charge is 0.416 e. The molecule has 4 N–H and O–H groups in total. The second kappa shape index (κ2) is 10.3. The van der Waals surface area contributed by atoms with Gasteiger partial charge in [-0.2, -0.15) is 13.2 Å². The van der Waals surface area contributed by atoms with E-state index < -0.39 is 29.5 Å². The van der Waals surface area contributed by atoms with Crippen molar-refractivity contribution in [1.29, 1.82) is 0 Å². The molecule has 170 valence electrons. The number of ether oxygens (including phenoxy) is 2. The van der Waals surface area contributed by atoms with Gasteiger partial charge in [0.15, 0.2) is 18.1 Å². The molecule has 0 aromatic heterocycles. The molecule has 0 unspecified atom stereocenters. The van der Waals surface area contributed by atoms with Crippen LogP contribution in [0, 0.1) is 0 Å². The standard InChI is InChI=1S/C21H20F3N3O5/c1-12(28)26-15-6-5-14(21(22,23)24)10-16(15)27-20(30)8-4-13-3-7-17(18(9-13)31-2)32-11-19(25)29/h3-10H,11H2,1-2H3,(H2,25,29)(H,26,28)(H,27,30)/b8-4+. The van der Waals surface area contributed by atoms with Gasteiger partial charge in [-0.15, -0.1) is 0 Å². The van der Waals surface area contributed by atoms with Crippen molar-refractivity contribution >= 4 is 35.2 Å². The number of anilines is 2. The van der Waals surface area contributed by atoms with Crippen molar-refractivity contribution in [1.82, 2.24) is 0 Å². The molecule has 0 bridgehead atoms. The molecular weight excluding hydrogens is 431 g/mol. The quantitative estimate of drug-likeness (QED) is 0.533. The molecule has 0 aliphatic heterocycles. The maximum absolute atomic E-state index is 13.0. The summed E-state index contributed by atoms with van der Waals surface area (Å²) in [5.41, 5.74) is 4.36. The van der Waals surface area contributed by atoms with Crippen LogP contribution in [0.5, 0.6) is 11.5 Å². The fourth-order valence-corrected chi connectivity index (χ4v) is 2.52. The van der Waals surface area contributed by atoms with Gasteiger partial charge < -0.3 is 25.8 Å². The molecule has 0 aliphatic carbocycles. The normalized spacial score (nSPS) is 11.2. The molecule has 0 fully saturated rings. The molecule has 0 radical (unpaired) electrons. The monoisotopic (exact) mass is 451 g/mol. The lowest BCUT2D eigenvalue weighted by Crippen LogP contribution is -2.20. The van der Waals surface area contributed by atoms with Crippen LogP contribution >= 0.6 is 0 Å². The third-order valence-electron chi connectivity index (χ3n) is 3.90. The van der Waals surface area contributed by atoms with Crippen molar-refractivity contribution in [2.24, 2.45) is 5.73 Å². The van der Waals surface area contributed by atoms with Crippen molar-refractivity contribution in [3.63, 3.8) is 0 Å². The zero-order valence-corrected chi connectivity index (χ0v) is 17.1. The Morgan fingerprint density at radius 1 is 1.03 bits per heavy atom. The maximum Gasteiger partial charge on any atom is 0.416 e. The Balaban J connectivity index is 2.21. The Morgan fingerprint density at radius 2 is 1.75 bits per heavy atom. The second-order valence-corrected chi connectivity index (χ2v) is 6.43. The molecule has 0 saturated heterocycles. The first-order chi connectivity index (χ1) is 15.0. The molecule has 2 rings (SSSR count). The van der Waals surface area contributed by atoms with E-state index in [1.54, 1.807) is 6.07 Å². The Morgan fingerprint density at radius 3 is 2.34 bits per heavy atom. The molecule has 0 heterocycles. The number of rotatable bonds is 8. The third kappa shape index (κ3) is 7.04. The molecule has 32 heavy (non-hydrogen) atoms. The molecule has 3 amide bonds. The van der Waals surface area contributed by atoms with Gasteiger partial charge in [-0.1, -0.05) is 6.07 Å². The van der Waals surface area contributed by atoms with Gasteiger partial charge in [0.1, 0.15) is 0 Å². The molecule has 0 spiro atoms. The summed E-state index contributed by atoms with van der Waals surface area (Å²) in [4.78, 5) is 34.4. The van der Waals surface area contributed by atoms with Gasteiger partial charge in [-0.3, -0.25) is 14.4 Å². The molecule has 2 aromatic carbocycles. The number of nitrogens with two attached hydrogens (primary N) is 1. The number of primary amides is 1. The van der Waals surface area contributed by atoms with Crippen LogP contribution in [0.3, 0.4) is 0 Å². The zero-order chi connectivity index (χ0) is 23.9. The fraction of sp³-hybridized carbons (Fsp3) is 0.190. The molecule has 11 heteroatoms. The van der Waals surface area contributed by atoms with Gasteiger partial charge in [0.05, 0.1) is 24.0 Å². The first-order valence-corrected chi connectivity index (χ1v) is 9.06. The molecular formula is C21H20F3N3O5. The number of methoxy groups -OCH3 is 1. The zero-order valence-electron chi connectivity index (χ0n) is 17.1. The summed E-state index contributed by atoms with van der Waals surface area (Å²) in [5, 5.41) is 4.69. The van der Waals surface area contributed by atoms with E-state index in [0.29, 0.717) is 5.56 Å². The van der Waals surface area contributed by atoms with Gasteiger partial charge >= 0.3 is 6.18 Å².